The fourth-order valence-electron chi connectivity index (χ4n) is 7.00. The Kier molecular flexibility index (Phi) is 4.26. The van der Waals surface area contributed by atoms with Gasteiger partial charge in [-0.3, -0.25) is 9.59 Å². The van der Waals surface area contributed by atoms with Crippen LogP contribution in [0.2, 0.25) is 0 Å². The number of carbonyl (C=O) groups excluding carboxylic acids is 2. The van der Waals surface area contributed by atoms with E-state index in [0.29, 0.717) is 12.3 Å². The molecule has 1 aromatic carbocycles. The van der Waals surface area contributed by atoms with Gasteiger partial charge < -0.3 is 15.2 Å². The van der Waals surface area contributed by atoms with E-state index < -0.39 is 22.8 Å². The summed E-state index contributed by atoms with van der Waals surface area (Å²) in [6.45, 7) is 4.14. The number of hydrogen-bond donors (Lipinski definition) is 2. The molecule has 4 bridgehead atoms. The summed E-state index contributed by atoms with van der Waals surface area (Å²) in [6.07, 6.45) is 7.27. The molecule has 5 aliphatic rings. The molecule has 4 fully saturated rings. The van der Waals surface area contributed by atoms with Gasteiger partial charge in [-0.05, 0) is 68.2 Å². The molecule has 1 unspecified atom stereocenters. The summed E-state index contributed by atoms with van der Waals surface area (Å²) in [7, 11) is 0. The molecule has 164 valence electrons. The molecule has 31 heavy (non-hydrogen) atoms. The van der Waals surface area contributed by atoms with Crippen molar-refractivity contribution in [1.82, 2.24) is 0 Å². The summed E-state index contributed by atoms with van der Waals surface area (Å²) in [5, 5.41) is 11.7. The third-order valence-corrected chi connectivity index (χ3v) is 8.27. The van der Waals surface area contributed by atoms with Crippen LogP contribution in [-0.2, 0) is 14.3 Å². The second kappa shape index (κ2) is 6.48. The monoisotopic (exact) mass is 427 g/mol. The largest absolute Gasteiger partial charge is 0.478 e. The molecule has 0 aromatic heterocycles. The van der Waals surface area contributed by atoms with Crippen molar-refractivity contribution in [2.45, 2.75) is 57.7 Å². The molecule has 2 N–H and O–H groups in total. The number of carbonyl (C=O) groups is 3. The van der Waals surface area contributed by atoms with Crippen molar-refractivity contribution in [3.05, 3.63) is 41.7 Å². The highest BCUT2D eigenvalue weighted by Gasteiger charge is 2.71. The molecule has 2 saturated carbocycles. The van der Waals surface area contributed by atoms with E-state index in [-0.39, 0.29) is 46.8 Å². The van der Waals surface area contributed by atoms with Crippen LogP contribution in [-0.4, -0.2) is 34.5 Å². The van der Waals surface area contributed by atoms with Crippen LogP contribution in [0.3, 0.4) is 0 Å². The SMILES string of the molecule is C[C@]12C[C@@]34C=CC(=O)[C@@](C)(CCC(=O)Nc5ccc(F)c(C(=O)O)c5)[C@@H]3[C@H](CC1C4)O2. The molecular weight excluding hydrogens is 401 g/mol. The molecule has 2 heterocycles. The number of carboxylic acid groups (broad SMARTS) is 1. The smallest absolute Gasteiger partial charge is 0.338 e. The van der Waals surface area contributed by atoms with E-state index >= 15 is 0 Å². The van der Waals surface area contributed by atoms with Gasteiger partial charge >= 0.3 is 5.97 Å². The van der Waals surface area contributed by atoms with Crippen LogP contribution in [0.25, 0.3) is 0 Å². The van der Waals surface area contributed by atoms with Crippen LogP contribution in [0.5, 0.6) is 0 Å². The topological polar surface area (TPSA) is 92.7 Å². The lowest BCUT2D eigenvalue weighted by Crippen LogP contribution is -2.56. The van der Waals surface area contributed by atoms with Gasteiger partial charge in [0.25, 0.3) is 0 Å². The van der Waals surface area contributed by atoms with Crippen LogP contribution < -0.4 is 5.32 Å². The summed E-state index contributed by atoms with van der Waals surface area (Å²) in [5.74, 6) is -1.97. The van der Waals surface area contributed by atoms with E-state index in [1.54, 1.807) is 6.08 Å². The molecule has 3 aliphatic carbocycles. The van der Waals surface area contributed by atoms with Crippen molar-refractivity contribution in [3.63, 3.8) is 0 Å². The first-order valence-corrected chi connectivity index (χ1v) is 10.8. The highest BCUT2D eigenvalue weighted by molar-refractivity contribution is 5.98. The molecule has 1 aromatic rings. The van der Waals surface area contributed by atoms with Crippen molar-refractivity contribution in [2.75, 3.05) is 5.32 Å². The number of carboxylic acids is 1. The molecule has 1 amide bonds. The van der Waals surface area contributed by atoms with Crippen LogP contribution in [0, 0.1) is 28.5 Å². The maximum Gasteiger partial charge on any atom is 0.338 e. The van der Waals surface area contributed by atoms with Crippen molar-refractivity contribution in [1.29, 1.82) is 0 Å². The number of nitrogens with one attached hydrogen (secondary N) is 1. The number of amides is 1. The van der Waals surface area contributed by atoms with Crippen molar-refractivity contribution >= 4 is 23.3 Å². The van der Waals surface area contributed by atoms with Crippen molar-refractivity contribution in [2.24, 2.45) is 22.7 Å². The lowest BCUT2D eigenvalue weighted by molar-refractivity contribution is -0.169. The Labute approximate surface area is 179 Å². The molecule has 1 spiro atoms. The Morgan fingerprint density at radius 2 is 2.10 bits per heavy atom. The molecule has 6 nitrogen and oxygen atoms in total. The fourth-order valence-corrected chi connectivity index (χ4v) is 7.00. The number of ketones is 1. The Balaban J connectivity index is 1.33. The summed E-state index contributed by atoms with van der Waals surface area (Å²) in [4.78, 5) is 36.8. The fraction of sp³-hybridized carbons (Fsp3) is 0.542. The minimum absolute atomic E-state index is 0.0347. The van der Waals surface area contributed by atoms with Gasteiger partial charge in [-0.25, -0.2) is 9.18 Å². The van der Waals surface area contributed by atoms with E-state index in [2.05, 4.69) is 18.3 Å². The number of benzene rings is 1. The molecule has 2 aliphatic heterocycles. The summed E-state index contributed by atoms with van der Waals surface area (Å²) < 4.78 is 20.0. The maximum absolute atomic E-state index is 13.6. The van der Waals surface area contributed by atoms with Gasteiger partial charge in [-0.2, -0.15) is 0 Å². The standard InChI is InChI=1S/C24H26FNO5/c1-22(7-6-19(28)26-14-3-4-16(25)15(10-14)21(29)30)18(27)5-8-24-11-13-9-17(20(22)24)31-23(13,2)12-24/h3-5,8,10,13,17,20H,6-7,9,11-12H2,1-2H3,(H,26,28)(H,29,30)/t13?,17-,20-,22+,23-,24-/m0/s1. The Bertz CT molecular complexity index is 1040. The van der Waals surface area contributed by atoms with Crippen molar-refractivity contribution in [3.8, 4) is 0 Å². The first kappa shape index (κ1) is 20.4. The second-order valence-electron chi connectivity index (χ2n) is 10.2. The number of halogens is 1. The first-order valence-electron chi connectivity index (χ1n) is 10.8. The van der Waals surface area contributed by atoms with Gasteiger partial charge in [0, 0.05) is 23.4 Å². The zero-order valence-electron chi connectivity index (χ0n) is 17.6. The summed E-state index contributed by atoms with van der Waals surface area (Å²) >= 11 is 0. The number of aromatic carboxylic acids is 1. The Hall–Kier alpha value is -2.54. The van der Waals surface area contributed by atoms with Gasteiger partial charge in [0.2, 0.25) is 5.91 Å². The maximum atomic E-state index is 13.6. The van der Waals surface area contributed by atoms with Crippen molar-refractivity contribution < 1.29 is 28.6 Å². The Morgan fingerprint density at radius 1 is 1.32 bits per heavy atom. The van der Waals surface area contributed by atoms with E-state index in [9.17, 15) is 18.8 Å². The molecule has 2 saturated heterocycles. The van der Waals surface area contributed by atoms with E-state index in [1.165, 1.54) is 6.07 Å². The molecule has 6 rings (SSSR count). The second-order valence-corrected chi connectivity index (χ2v) is 10.2. The zero-order valence-corrected chi connectivity index (χ0v) is 17.6. The average Bonchev–Trinajstić information content (AvgIpc) is 3.06. The lowest BCUT2D eigenvalue weighted by Gasteiger charge is -2.55. The van der Waals surface area contributed by atoms with Crippen LogP contribution >= 0.6 is 0 Å². The highest BCUT2D eigenvalue weighted by atomic mass is 19.1. The zero-order chi connectivity index (χ0) is 22.2. The van der Waals surface area contributed by atoms with Crippen LogP contribution in [0.4, 0.5) is 10.1 Å². The summed E-state index contributed by atoms with van der Waals surface area (Å²) in [5.41, 5.74) is -1.11. The highest BCUT2D eigenvalue weighted by Crippen LogP contribution is 2.71. The third-order valence-electron chi connectivity index (χ3n) is 8.27. The van der Waals surface area contributed by atoms with E-state index in [1.807, 2.05) is 6.92 Å². The van der Waals surface area contributed by atoms with Crippen LogP contribution in [0.15, 0.2) is 30.4 Å². The van der Waals surface area contributed by atoms with Gasteiger partial charge in [0.15, 0.2) is 5.78 Å². The number of hydrogen-bond acceptors (Lipinski definition) is 4. The number of allylic oxidation sites excluding steroid dienone is 2. The van der Waals surface area contributed by atoms with Gasteiger partial charge in [-0.15, -0.1) is 0 Å². The quantitative estimate of drug-likeness (QED) is 0.742. The predicted octanol–water partition coefficient (Wildman–Crippen LogP) is 3.96. The minimum atomic E-state index is -1.40. The first-order chi connectivity index (χ1) is 14.6. The van der Waals surface area contributed by atoms with E-state index in [4.69, 9.17) is 9.84 Å². The Morgan fingerprint density at radius 3 is 2.81 bits per heavy atom. The molecular formula is C24H26FNO5. The average molecular weight is 427 g/mol. The number of rotatable bonds is 5. The van der Waals surface area contributed by atoms with Gasteiger partial charge in [0.05, 0.1) is 17.3 Å². The summed E-state index contributed by atoms with van der Waals surface area (Å²) in [6, 6.07) is 3.44. The molecule has 7 heteroatoms. The number of ether oxygens (including phenoxy) is 1. The lowest BCUT2D eigenvalue weighted by atomic mass is 9.51. The normalized spacial score (nSPS) is 39.6. The number of anilines is 1. The van der Waals surface area contributed by atoms with Gasteiger partial charge in [-0.1, -0.05) is 13.0 Å². The van der Waals surface area contributed by atoms with Gasteiger partial charge in [0.1, 0.15) is 5.82 Å². The van der Waals surface area contributed by atoms with E-state index in [0.717, 1.165) is 31.4 Å². The third kappa shape index (κ3) is 2.89. The minimum Gasteiger partial charge on any atom is -0.478 e. The van der Waals surface area contributed by atoms with Crippen LogP contribution in [0.1, 0.15) is 56.3 Å². The molecule has 0 radical (unpaired) electrons. The molecule has 6 atom stereocenters. The predicted molar refractivity (Wildman–Crippen MR) is 110 cm³/mol.